The van der Waals surface area contributed by atoms with Crippen molar-refractivity contribution in [2.75, 3.05) is 5.73 Å². The highest BCUT2D eigenvalue weighted by atomic mass is 14.5. The average Bonchev–Trinajstić information content (AvgIpc) is 2.59. The number of anilines is 1. The molecule has 2 N–H and O–H groups in total. The Kier molecular flexibility index (Phi) is 3.32. The zero-order valence-electron chi connectivity index (χ0n) is 12.7. The van der Waals surface area contributed by atoms with Gasteiger partial charge in [-0.15, -0.1) is 0 Å². The first kappa shape index (κ1) is 13.6. The number of hydrogen-bond acceptors (Lipinski definition) is 1. The fraction of sp³-hybridized carbons (Fsp3) is 0. The predicted molar refractivity (Wildman–Crippen MR) is 101 cm³/mol. The summed E-state index contributed by atoms with van der Waals surface area (Å²) in [4.78, 5) is 0. The number of rotatable bonds is 2. The minimum absolute atomic E-state index is 0.800. The molecule has 0 aliphatic rings. The molecule has 0 bridgehead atoms. The lowest BCUT2D eigenvalue weighted by atomic mass is 9.99. The van der Waals surface area contributed by atoms with Crippen molar-refractivity contribution in [3.63, 3.8) is 0 Å². The lowest BCUT2D eigenvalue weighted by Crippen LogP contribution is -1.87. The van der Waals surface area contributed by atoms with E-state index in [4.69, 9.17) is 5.73 Å². The van der Waals surface area contributed by atoms with Gasteiger partial charge in [-0.3, -0.25) is 0 Å². The molecule has 4 rings (SSSR count). The average molecular weight is 295 g/mol. The summed E-state index contributed by atoms with van der Waals surface area (Å²) in [7, 11) is 0. The van der Waals surface area contributed by atoms with E-state index in [-0.39, 0.29) is 0 Å². The number of benzene rings is 4. The Labute approximate surface area is 135 Å². The fourth-order valence-electron chi connectivity index (χ4n) is 2.98. The molecule has 0 saturated heterocycles. The van der Waals surface area contributed by atoms with Crippen LogP contribution in [-0.4, -0.2) is 0 Å². The predicted octanol–water partition coefficient (Wildman–Crippen LogP) is 5.75. The van der Waals surface area contributed by atoms with Crippen molar-refractivity contribution in [3.05, 3.63) is 90.0 Å². The van der Waals surface area contributed by atoms with E-state index in [1.165, 1.54) is 27.1 Å². The highest BCUT2D eigenvalue weighted by Crippen LogP contribution is 2.27. The van der Waals surface area contributed by atoms with Crippen molar-refractivity contribution in [1.82, 2.24) is 0 Å². The monoisotopic (exact) mass is 295 g/mol. The van der Waals surface area contributed by atoms with Gasteiger partial charge in [-0.1, -0.05) is 72.8 Å². The molecule has 110 valence electrons. The van der Waals surface area contributed by atoms with E-state index in [2.05, 4.69) is 66.7 Å². The van der Waals surface area contributed by atoms with E-state index in [0.29, 0.717) is 0 Å². The summed E-state index contributed by atoms with van der Waals surface area (Å²) >= 11 is 0. The molecule has 0 unspecified atom stereocenters. The molecule has 0 radical (unpaired) electrons. The maximum absolute atomic E-state index is 6.02. The van der Waals surface area contributed by atoms with Crippen LogP contribution in [0, 0.1) is 0 Å². The zero-order chi connectivity index (χ0) is 15.6. The number of para-hydroxylation sites is 1. The van der Waals surface area contributed by atoms with Crippen molar-refractivity contribution in [1.29, 1.82) is 0 Å². The zero-order valence-corrected chi connectivity index (χ0v) is 12.7. The number of hydrogen-bond donors (Lipinski definition) is 1. The second-order valence-electron chi connectivity index (χ2n) is 5.73. The van der Waals surface area contributed by atoms with Gasteiger partial charge in [0.1, 0.15) is 0 Å². The summed E-state index contributed by atoms with van der Waals surface area (Å²) in [6, 6.07) is 27.3. The molecule has 0 fully saturated rings. The molecular formula is C22H17N. The Balaban J connectivity index is 1.86. The topological polar surface area (TPSA) is 26.0 Å². The van der Waals surface area contributed by atoms with Crippen molar-refractivity contribution >= 4 is 39.4 Å². The summed E-state index contributed by atoms with van der Waals surface area (Å²) in [5.74, 6) is 0. The molecule has 23 heavy (non-hydrogen) atoms. The van der Waals surface area contributed by atoms with E-state index in [0.717, 1.165) is 11.3 Å². The first-order valence-corrected chi connectivity index (χ1v) is 7.75. The van der Waals surface area contributed by atoms with E-state index in [1.807, 2.05) is 24.3 Å². The van der Waals surface area contributed by atoms with Crippen LogP contribution in [0.1, 0.15) is 11.1 Å². The van der Waals surface area contributed by atoms with Crippen molar-refractivity contribution < 1.29 is 0 Å². The van der Waals surface area contributed by atoms with Crippen LogP contribution in [0.15, 0.2) is 78.9 Å². The Morgan fingerprint density at radius 3 is 2.00 bits per heavy atom. The van der Waals surface area contributed by atoms with Crippen LogP contribution in [-0.2, 0) is 0 Å². The third kappa shape index (κ3) is 2.58. The van der Waals surface area contributed by atoms with Crippen molar-refractivity contribution in [3.8, 4) is 0 Å². The molecule has 4 aromatic rings. The molecule has 0 heterocycles. The van der Waals surface area contributed by atoms with E-state index in [1.54, 1.807) is 0 Å². The molecular weight excluding hydrogens is 278 g/mol. The Bertz CT molecular complexity index is 1030. The minimum atomic E-state index is 0.800. The maximum Gasteiger partial charge on any atom is 0.0387 e. The molecule has 0 atom stereocenters. The van der Waals surface area contributed by atoms with Gasteiger partial charge < -0.3 is 5.73 Å². The largest absolute Gasteiger partial charge is 0.398 e. The molecule has 1 heteroatoms. The quantitative estimate of drug-likeness (QED) is 0.284. The van der Waals surface area contributed by atoms with Crippen LogP contribution in [0.5, 0.6) is 0 Å². The van der Waals surface area contributed by atoms with Crippen LogP contribution >= 0.6 is 0 Å². The molecule has 0 saturated carbocycles. The number of nitrogen functional groups attached to an aromatic ring is 1. The highest BCUT2D eigenvalue weighted by Gasteiger charge is 2.01. The second-order valence-corrected chi connectivity index (χ2v) is 5.73. The maximum atomic E-state index is 6.02. The molecule has 4 aromatic carbocycles. The summed E-state index contributed by atoms with van der Waals surface area (Å²) < 4.78 is 0. The van der Waals surface area contributed by atoms with Gasteiger partial charge in [0.05, 0.1) is 0 Å². The third-order valence-corrected chi connectivity index (χ3v) is 4.22. The normalized spacial score (nSPS) is 11.5. The van der Waals surface area contributed by atoms with Crippen LogP contribution in [0.2, 0.25) is 0 Å². The summed E-state index contributed by atoms with van der Waals surface area (Å²) in [6.45, 7) is 0. The smallest absolute Gasteiger partial charge is 0.0387 e. The first-order chi connectivity index (χ1) is 11.3. The van der Waals surface area contributed by atoms with E-state index in [9.17, 15) is 0 Å². The van der Waals surface area contributed by atoms with Crippen LogP contribution in [0.25, 0.3) is 33.7 Å². The van der Waals surface area contributed by atoms with Gasteiger partial charge in [0.15, 0.2) is 0 Å². The van der Waals surface area contributed by atoms with E-state index < -0.39 is 0 Å². The van der Waals surface area contributed by atoms with Crippen LogP contribution in [0.4, 0.5) is 5.69 Å². The van der Waals surface area contributed by atoms with Gasteiger partial charge >= 0.3 is 0 Å². The van der Waals surface area contributed by atoms with Gasteiger partial charge in [-0.2, -0.15) is 0 Å². The molecule has 0 aliphatic heterocycles. The van der Waals surface area contributed by atoms with E-state index >= 15 is 0 Å². The summed E-state index contributed by atoms with van der Waals surface area (Å²) in [5.41, 5.74) is 9.07. The number of nitrogens with two attached hydrogens (primary N) is 1. The lowest BCUT2D eigenvalue weighted by Gasteiger charge is -2.06. The van der Waals surface area contributed by atoms with Gasteiger partial charge in [-0.05, 0) is 50.9 Å². The second kappa shape index (κ2) is 5.62. The third-order valence-electron chi connectivity index (χ3n) is 4.22. The van der Waals surface area contributed by atoms with Crippen LogP contribution < -0.4 is 5.73 Å². The summed E-state index contributed by atoms with van der Waals surface area (Å²) in [6.07, 6.45) is 4.22. The fourth-order valence-corrected chi connectivity index (χ4v) is 2.98. The molecule has 0 aromatic heterocycles. The minimum Gasteiger partial charge on any atom is -0.398 e. The Hall–Kier alpha value is -3.06. The SMILES string of the molecule is Nc1ccccc1/C=C/c1cccc2cc3ccccc3cc12. The lowest BCUT2D eigenvalue weighted by molar-refractivity contribution is 1.64. The molecule has 0 aliphatic carbocycles. The molecule has 0 spiro atoms. The van der Waals surface area contributed by atoms with Crippen molar-refractivity contribution in [2.45, 2.75) is 0 Å². The van der Waals surface area contributed by atoms with Gasteiger partial charge in [0.2, 0.25) is 0 Å². The molecule has 1 nitrogen and oxygen atoms in total. The first-order valence-electron chi connectivity index (χ1n) is 7.75. The summed E-state index contributed by atoms with van der Waals surface area (Å²) in [5, 5.41) is 5.05. The van der Waals surface area contributed by atoms with Gasteiger partial charge in [0.25, 0.3) is 0 Å². The Morgan fingerprint density at radius 2 is 1.17 bits per heavy atom. The van der Waals surface area contributed by atoms with Gasteiger partial charge in [0, 0.05) is 5.69 Å². The standard InChI is InChI=1S/C22H17N/c23-22-11-4-3-6-17(22)13-12-16-9-5-10-20-14-18-7-1-2-8-19(18)15-21(16)20/h1-15H,23H2/b13-12+. The number of fused-ring (bicyclic) bond motifs is 2. The van der Waals surface area contributed by atoms with Gasteiger partial charge in [-0.25, -0.2) is 0 Å². The van der Waals surface area contributed by atoms with Crippen molar-refractivity contribution in [2.24, 2.45) is 0 Å². The Morgan fingerprint density at radius 1 is 0.565 bits per heavy atom. The van der Waals surface area contributed by atoms with Crippen LogP contribution in [0.3, 0.4) is 0 Å². The molecule has 0 amide bonds. The highest BCUT2D eigenvalue weighted by molar-refractivity contribution is 6.02.